The number of benzene rings is 1. The van der Waals surface area contributed by atoms with Crippen LogP contribution in [0.1, 0.15) is 25.8 Å². The summed E-state index contributed by atoms with van der Waals surface area (Å²) < 4.78 is 31.7. The highest BCUT2D eigenvalue weighted by Gasteiger charge is 2.12. The maximum atomic E-state index is 11.9. The van der Waals surface area contributed by atoms with Crippen molar-refractivity contribution >= 4 is 15.7 Å². The highest BCUT2D eigenvalue weighted by atomic mass is 32.2. The van der Waals surface area contributed by atoms with Crippen molar-refractivity contribution in [3.8, 4) is 0 Å². The minimum Gasteiger partial charge on any atom is -0.398 e. The van der Waals surface area contributed by atoms with Crippen molar-refractivity contribution in [3.63, 3.8) is 0 Å². The first-order chi connectivity index (χ1) is 9.41. The van der Waals surface area contributed by atoms with Gasteiger partial charge in [-0.3, -0.25) is 0 Å². The zero-order valence-corrected chi connectivity index (χ0v) is 12.9. The number of ether oxygens (including phenoxy) is 1. The van der Waals surface area contributed by atoms with E-state index in [1.807, 2.05) is 0 Å². The number of nitrogens with one attached hydrogen (secondary N) is 1. The third kappa shape index (κ3) is 6.88. The molecular weight excluding hydrogens is 276 g/mol. The average Bonchev–Trinajstić information content (AvgIpc) is 2.36. The Bertz CT molecular complexity index is 501. The lowest BCUT2D eigenvalue weighted by molar-refractivity contribution is 0.108. The summed E-state index contributed by atoms with van der Waals surface area (Å²) in [7, 11) is -3.35. The average molecular weight is 300 g/mol. The molecule has 0 aliphatic carbocycles. The van der Waals surface area contributed by atoms with E-state index in [9.17, 15) is 8.42 Å². The molecule has 0 aliphatic heterocycles. The zero-order chi connectivity index (χ0) is 15.0. The Kier molecular flexibility index (Phi) is 6.98. The Labute approximate surface area is 121 Å². The number of rotatable bonds is 9. The van der Waals surface area contributed by atoms with E-state index in [2.05, 4.69) is 18.6 Å². The van der Waals surface area contributed by atoms with Gasteiger partial charge in [0.1, 0.15) is 0 Å². The number of nitrogen functional groups attached to an aromatic ring is 1. The summed E-state index contributed by atoms with van der Waals surface area (Å²) in [4.78, 5) is 0. The van der Waals surface area contributed by atoms with Gasteiger partial charge in [0.05, 0.1) is 5.75 Å². The molecule has 0 heterocycles. The van der Waals surface area contributed by atoms with Gasteiger partial charge in [-0.05, 0) is 24.0 Å². The molecule has 20 heavy (non-hydrogen) atoms. The van der Waals surface area contributed by atoms with Crippen LogP contribution in [0, 0.1) is 5.92 Å². The second kappa shape index (κ2) is 8.24. The molecule has 0 aliphatic rings. The lowest BCUT2D eigenvalue weighted by Crippen LogP contribution is -2.27. The first-order valence-electron chi connectivity index (χ1n) is 6.79. The molecule has 3 N–H and O–H groups in total. The number of hydrogen-bond donors (Lipinski definition) is 2. The first-order valence-corrected chi connectivity index (χ1v) is 8.44. The zero-order valence-electron chi connectivity index (χ0n) is 12.1. The minimum atomic E-state index is -3.35. The van der Waals surface area contributed by atoms with E-state index in [-0.39, 0.29) is 5.75 Å². The third-order valence-electron chi connectivity index (χ3n) is 2.64. The van der Waals surface area contributed by atoms with Gasteiger partial charge in [0, 0.05) is 25.4 Å². The predicted octanol–water partition coefficient (Wildman–Crippen LogP) is 1.75. The molecular formula is C14H24N2O3S. The van der Waals surface area contributed by atoms with Crippen molar-refractivity contribution in [1.82, 2.24) is 4.72 Å². The standard InChI is InChI=1S/C14H24N2O3S/c1-12(2)10-19-9-5-8-16-20(17,18)11-13-6-3-4-7-14(13)15/h3-4,6-7,12,16H,5,8-11,15H2,1-2H3. The number of hydrogen-bond acceptors (Lipinski definition) is 4. The van der Waals surface area contributed by atoms with E-state index >= 15 is 0 Å². The quantitative estimate of drug-likeness (QED) is 0.538. The van der Waals surface area contributed by atoms with Crippen molar-refractivity contribution in [2.45, 2.75) is 26.0 Å². The molecule has 0 unspecified atom stereocenters. The molecule has 0 fully saturated rings. The van der Waals surface area contributed by atoms with Gasteiger partial charge in [-0.15, -0.1) is 0 Å². The number of nitrogens with two attached hydrogens (primary N) is 1. The Morgan fingerprint density at radius 2 is 2.00 bits per heavy atom. The lowest BCUT2D eigenvalue weighted by atomic mass is 10.2. The van der Waals surface area contributed by atoms with Crippen molar-refractivity contribution < 1.29 is 13.2 Å². The fraction of sp³-hybridized carbons (Fsp3) is 0.571. The Balaban J connectivity index is 2.30. The molecule has 0 spiro atoms. The van der Waals surface area contributed by atoms with Crippen LogP contribution in [0.2, 0.25) is 0 Å². The van der Waals surface area contributed by atoms with E-state index < -0.39 is 10.0 Å². The second-order valence-corrected chi connectivity index (χ2v) is 6.98. The van der Waals surface area contributed by atoms with Crippen LogP contribution in [0.5, 0.6) is 0 Å². The molecule has 6 heteroatoms. The van der Waals surface area contributed by atoms with Crippen LogP contribution in [0.15, 0.2) is 24.3 Å². The highest BCUT2D eigenvalue weighted by Crippen LogP contribution is 2.13. The largest absolute Gasteiger partial charge is 0.398 e. The van der Waals surface area contributed by atoms with Gasteiger partial charge in [-0.1, -0.05) is 32.0 Å². The number of sulfonamides is 1. The summed E-state index contributed by atoms with van der Waals surface area (Å²) in [6.45, 7) is 5.80. The molecule has 0 saturated carbocycles. The maximum absolute atomic E-state index is 11.9. The summed E-state index contributed by atoms with van der Waals surface area (Å²) in [5.74, 6) is 0.403. The predicted molar refractivity (Wildman–Crippen MR) is 81.8 cm³/mol. The molecule has 0 aromatic heterocycles. The molecule has 0 atom stereocenters. The summed E-state index contributed by atoms with van der Waals surface area (Å²) >= 11 is 0. The summed E-state index contributed by atoms with van der Waals surface area (Å²) in [5, 5.41) is 0. The Hall–Kier alpha value is -1.11. The number of para-hydroxylation sites is 1. The topological polar surface area (TPSA) is 81.4 Å². The highest BCUT2D eigenvalue weighted by molar-refractivity contribution is 7.88. The molecule has 114 valence electrons. The van der Waals surface area contributed by atoms with Crippen LogP contribution in [-0.4, -0.2) is 28.2 Å². The van der Waals surface area contributed by atoms with Gasteiger partial charge in [-0.25, -0.2) is 13.1 Å². The number of anilines is 1. The summed E-state index contributed by atoms with van der Waals surface area (Å²) in [6, 6.07) is 6.98. The first kappa shape index (κ1) is 16.9. The van der Waals surface area contributed by atoms with E-state index in [4.69, 9.17) is 10.5 Å². The van der Waals surface area contributed by atoms with E-state index in [0.29, 0.717) is 43.3 Å². The molecule has 1 rings (SSSR count). The third-order valence-corrected chi connectivity index (χ3v) is 3.97. The summed E-state index contributed by atoms with van der Waals surface area (Å²) in [6.07, 6.45) is 0.663. The molecule has 0 amide bonds. The smallest absolute Gasteiger partial charge is 0.215 e. The Morgan fingerprint density at radius 3 is 2.65 bits per heavy atom. The van der Waals surface area contributed by atoms with Crippen LogP contribution in [0.3, 0.4) is 0 Å². The monoisotopic (exact) mass is 300 g/mol. The molecule has 5 nitrogen and oxygen atoms in total. The molecule has 1 aromatic carbocycles. The molecule has 0 radical (unpaired) electrons. The van der Waals surface area contributed by atoms with Crippen LogP contribution in [-0.2, 0) is 20.5 Å². The van der Waals surface area contributed by atoms with E-state index in [1.54, 1.807) is 24.3 Å². The van der Waals surface area contributed by atoms with E-state index in [0.717, 1.165) is 0 Å². The van der Waals surface area contributed by atoms with Gasteiger partial charge < -0.3 is 10.5 Å². The van der Waals surface area contributed by atoms with Crippen molar-refractivity contribution in [1.29, 1.82) is 0 Å². The van der Waals surface area contributed by atoms with E-state index in [1.165, 1.54) is 0 Å². The summed E-state index contributed by atoms with van der Waals surface area (Å²) in [5.41, 5.74) is 6.86. The fourth-order valence-corrected chi connectivity index (χ4v) is 2.87. The Morgan fingerprint density at radius 1 is 1.30 bits per heavy atom. The van der Waals surface area contributed by atoms with Gasteiger partial charge in [-0.2, -0.15) is 0 Å². The van der Waals surface area contributed by atoms with Gasteiger partial charge >= 0.3 is 0 Å². The SMILES string of the molecule is CC(C)COCCCNS(=O)(=O)Cc1ccccc1N. The molecule has 0 bridgehead atoms. The minimum absolute atomic E-state index is 0.0907. The second-order valence-electron chi connectivity index (χ2n) is 5.17. The normalized spacial score (nSPS) is 11.9. The van der Waals surface area contributed by atoms with Crippen molar-refractivity contribution in [2.75, 3.05) is 25.5 Å². The maximum Gasteiger partial charge on any atom is 0.215 e. The lowest BCUT2D eigenvalue weighted by Gasteiger charge is -2.09. The van der Waals surface area contributed by atoms with Gasteiger partial charge in [0.2, 0.25) is 10.0 Å². The molecule has 1 aromatic rings. The van der Waals surface area contributed by atoms with Crippen molar-refractivity contribution in [2.24, 2.45) is 5.92 Å². The van der Waals surface area contributed by atoms with Gasteiger partial charge in [0.25, 0.3) is 0 Å². The van der Waals surface area contributed by atoms with Gasteiger partial charge in [0.15, 0.2) is 0 Å². The van der Waals surface area contributed by atoms with Crippen LogP contribution >= 0.6 is 0 Å². The van der Waals surface area contributed by atoms with Crippen molar-refractivity contribution in [3.05, 3.63) is 29.8 Å². The molecule has 0 saturated heterocycles. The van der Waals surface area contributed by atoms with Crippen LogP contribution < -0.4 is 10.5 Å². The fourth-order valence-electron chi connectivity index (χ4n) is 1.64. The van der Waals surface area contributed by atoms with Crippen LogP contribution in [0.4, 0.5) is 5.69 Å². The van der Waals surface area contributed by atoms with Crippen LogP contribution in [0.25, 0.3) is 0 Å².